The van der Waals surface area contributed by atoms with Crippen molar-refractivity contribution in [2.75, 3.05) is 4.90 Å². The summed E-state index contributed by atoms with van der Waals surface area (Å²) in [6.45, 7) is 0. The second kappa shape index (κ2) is 16.1. The number of nitrogens with zero attached hydrogens (tertiary/aromatic N) is 1. The highest BCUT2D eigenvalue weighted by Gasteiger charge is 2.20. The molecular formula is C60H41NO. The van der Waals surface area contributed by atoms with E-state index in [9.17, 15) is 0 Å². The summed E-state index contributed by atoms with van der Waals surface area (Å²) in [4.78, 5) is 2.38. The fourth-order valence-electron chi connectivity index (χ4n) is 9.06. The topological polar surface area (TPSA) is 16.4 Å². The van der Waals surface area contributed by atoms with Crippen molar-refractivity contribution >= 4 is 39.0 Å². The van der Waals surface area contributed by atoms with Crippen molar-refractivity contribution in [3.63, 3.8) is 0 Å². The molecule has 292 valence electrons. The summed E-state index contributed by atoms with van der Waals surface area (Å²) >= 11 is 0. The van der Waals surface area contributed by atoms with Crippen LogP contribution >= 0.6 is 0 Å². The summed E-state index contributed by atoms with van der Waals surface area (Å²) < 4.78 is 6.26. The van der Waals surface area contributed by atoms with Gasteiger partial charge in [0, 0.05) is 27.7 Å². The van der Waals surface area contributed by atoms with Crippen LogP contribution in [0.2, 0.25) is 0 Å². The van der Waals surface area contributed by atoms with Gasteiger partial charge >= 0.3 is 0 Å². The second-order valence-electron chi connectivity index (χ2n) is 15.6. The minimum Gasteiger partial charge on any atom is -0.456 e. The van der Waals surface area contributed by atoms with E-state index in [1.807, 2.05) is 12.1 Å². The van der Waals surface area contributed by atoms with E-state index in [-0.39, 0.29) is 0 Å². The minimum absolute atomic E-state index is 0.897. The van der Waals surface area contributed by atoms with Crippen molar-refractivity contribution in [3.05, 3.63) is 249 Å². The van der Waals surface area contributed by atoms with Crippen molar-refractivity contribution < 1.29 is 4.42 Å². The molecule has 2 nitrogen and oxygen atoms in total. The Balaban J connectivity index is 1.01. The van der Waals surface area contributed by atoms with Crippen LogP contribution in [-0.4, -0.2) is 0 Å². The highest BCUT2D eigenvalue weighted by atomic mass is 16.3. The first-order valence-corrected chi connectivity index (χ1v) is 21.2. The van der Waals surface area contributed by atoms with Crippen molar-refractivity contribution in [1.29, 1.82) is 0 Å². The monoisotopic (exact) mass is 791 g/mol. The molecule has 0 saturated heterocycles. The van der Waals surface area contributed by atoms with Gasteiger partial charge in [0.25, 0.3) is 0 Å². The van der Waals surface area contributed by atoms with Crippen molar-refractivity contribution in [1.82, 2.24) is 0 Å². The van der Waals surface area contributed by atoms with E-state index < -0.39 is 0 Å². The molecule has 0 radical (unpaired) electrons. The predicted octanol–water partition coefficient (Wildman–Crippen LogP) is 17.1. The Bertz CT molecular complexity index is 3330. The van der Waals surface area contributed by atoms with E-state index in [0.29, 0.717) is 0 Å². The van der Waals surface area contributed by atoms with Crippen LogP contribution in [-0.2, 0) is 0 Å². The van der Waals surface area contributed by atoms with Gasteiger partial charge in [-0.3, -0.25) is 0 Å². The van der Waals surface area contributed by atoms with E-state index in [0.717, 1.165) is 61.3 Å². The molecule has 1 aromatic heterocycles. The summed E-state index contributed by atoms with van der Waals surface area (Å²) in [6.07, 6.45) is 0. The predicted molar refractivity (Wildman–Crippen MR) is 261 cm³/mol. The molecule has 0 fully saturated rings. The Kier molecular flexibility index (Phi) is 9.57. The fourth-order valence-corrected chi connectivity index (χ4v) is 9.06. The average molecular weight is 792 g/mol. The molecule has 0 aliphatic carbocycles. The third kappa shape index (κ3) is 6.74. The highest BCUT2D eigenvalue weighted by molar-refractivity contribution is 6.12. The minimum atomic E-state index is 0.897. The smallest absolute Gasteiger partial charge is 0.136 e. The number of benzene rings is 10. The molecule has 10 aromatic carbocycles. The third-order valence-electron chi connectivity index (χ3n) is 12.0. The molecule has 0 amide bonds. The number of anilines is 3. The lowest BCUT2D eigenvalue weighted by Gasteiger charge is -2.28. The van der Waals surface area contributed by atoms with Crippen LogP contribution < -0.4 is 4.90 Å². The van der Waals surface area contributed by atoms with Gasteiger partial charge in [-0.15, -0.1) is 0 Å². The first-order chi connectivity index (χ1) is 30.8. The van der Waals surface area contributed by atoms with Gasteiger partial charge in [0.1, 0.15) is 11.2 Å². The molecule has 11 aromatic rings. The van der Waals surface area contributed by atoms with Crippen molar-refractivity contribution in [2.45, 2.75) is 0 Å². The van der Waals surface area contributed by atoms with E-state index >= 15 is 0 Å². The van der Waals surface area contributed by atoms with Crippen LogP contribution in [0.1, 0.15) is 0 Å². The normalized spacial score (nSPS) is 11.2. The van der Waals surface area contributed by atoms with Crippen LogP contribution in [0.25, 0.3) is 88.7 Å². The van der Waals surface area contributed by atoms with Crippen LogP contribution in [0.15, 0.2) is 253 Å². The zero-order valence-corrected chi connectivity index (χ0v) is 34.0. The van der Waals surface area contributed by atoms with Crippen molar-refractivity contribution in [3.8, 4) is 66.8 Å². The van der Waals surface area contributed by atoms with Gasteiger partial charge in [-0.1, -0.05) is 206 Å². The first-order valence-electron chi connectivity index (χ1n) is 21.2. The standard InChI is InChI=1S/C60H41NO/c1-3-18-42(19-4-1)48-22-7-9-25-52(48)54-27-11-12-28-55(54)53-26-10-8-23-49(53)44-34-38-46(39-35-44)61(57-31-15-13-24-50(57)43-20-5-2-6-21-43)47-40-36-45(37-41-47)51-30-17-33-59-60(51)56-29-14-16-32-58(56)62-59/h1-41H. The number of hydrogen-bond donors (Lipinski definition) is 0. The molecule has 62 heavy (non-hydrogen) atoms. The maximum atomic E-state index is 6.26. The molecule has 0 saturated carbocycles. The van der Waals surface area contributed by atoms with E-state index in [1.165, 1.54) is 44.5 Å². The zero-order chi connectivity index (χ0) is 41.2. The number of hydrogen-bond acceptors (Lipinski definition) is 2. The molecule has 11 rings (SSSR count). The molecule has 0 aliphatic rings. The quantitative estimate of drug-likeness (QED) is 0.145. The molecule has 0 bridgehead atoms. The maximum absolute atomic E-state index is 6.26. The maximum Gasteiger partial charge on any atom is 0.136 e. The molecule has 0 aliphatic heterocycles. The lowest BCUT2D eigenvalue weighted by molar-refractivity contribution is 0.669. The summed E-state index contributed by atoms with van der Waals surface area (Å²) in [5.74, 6) is 0. The Morgan fingerprint density at radius 3 is 1.18 bits per heavy atom. The lowest BCUT2D eigenvalue weighted by atomic mass is 9.87. The van der Waals surface area contributed by atoms with Crippen LogP contribution in [0, 0.1) is 0 Å². The van der Waals surface area contributed by atoms with Crippen LogP contribution in [0.5, 0.6) is 0 Å². The van der Waals surface area contributed by atoms with Gasteiger partial charge in [-0.05, 0) is 104 Å². The summed E-state index contributed by atoms with van der Waals surface area (Å²) in [5, 5.41) is 2.27. The molecule has 0 N–H and O–H groups in total. The number of furan rings is 1. The third-order valence-corrected chi connectivity index (χ3v) is 12.0. The van der Waals surface area contributed by atoms with Gasteiger partial charge < -0.3 is 9.32 Å². The SMILES string of the molecule is c1ccc(-c2ccccc2-c2ccccc2-c2ccccc2-c2ccc(N(c3ccc(-c4cccc5oc6ccccc6c45)cc3)c3ccccc3-c3ccccc3)cc2)cc1. The number of para-hydroxylation sites is 2. The molecule has 0 unspecified atom stereocenters. The second-order valence-corrected chi connectivity index (χ2v) is 15.6. The Morgan fingerprint density at radius 1 is 0.242 bits per heavy atom. The van der Waals surface area contributed by atoms with Gasteiger partial charge in [0.2, 0.25) is 0 Å². The molecule has 1 heterocycles. The molecule has 0 spiro atoms. The molecule has 0 atom stereocenters. The van der Waals surface area contributed by atoms with E-state index in [2.05, 4.69) is 241 Å². The summed E-state index contributed by atoms with van der Waals surface area (Å²) in [5.41, 5.74) is 19.3. The number of rotatable bonds is 9. The first kappa shape index (κ1) is 36.8. The average Bonchev–Trinajstić information content (AvgIpc) is 3.75. The number of fused-ring (bicyclic) bond motifs is 3. The van der Waals surface area contributed by atoms with E-state index in [4.69, 9.17) is 4.42 Å². The fraction of sp³-hybridized carbons (Fsp3) is 0. The van der Waals surface area contributed by atoms with Gasteiger partial charge in [-0.2, -0.15) is 0 Å². The summed E-state index contributed by atoms with van der Waals surface area (Å²) in [6, 6.07) is 89.0. The van der Waals surface area contributed by atoms with Gasteiger partial charge in [0.05, 0.1) is 5.69 Å². The van der Waals surface area contributed by atoms with Crippen LogP contribution in [0.3, 0.4) is 0 Å². The lowest BCUT2D eigenvalue weighted by Crippen LogP contribution is -2.11. The van der Waals surface area contributed by atoms with Crippen molar-refractivity contribution in [2.24, 2.45) is 0 Å². The van der Waals surface area contributed by atoms with Gasteiger partial charge in [0.15, 0.2) is 0 Å². The zero-order valence-electron chi connectivity index (χ0n) is 34.0. The highest BCUT2D eigenvalue weighted by Crippen LogP contribution is 2.45. The molecule has 2 heteroatoms. The summed E-state index contributed by atoms with van der Waals surface area (Å²) in [7, 11) is 0. The van der Waals surface area contributed by atoms with E-state index in [1.54, 1.807) is 0 Å². The Hall–Kier alpha value is -8.20. The Morgan fingerprint density at radius 2 is 0.613 bits per heavy atom. The van der Waals surface area contributed by atoms with Crippen LogP contribution in [0.4, 0.5) is 17.1 Å². The molecular weight excluding hydrogens is 751 g/mol. The Labute approximate surface area is 362 Å². The van der Waals surface area contributed by atoms with Gasteiger partial charge in [-0.25, -0.2) is 0 Å². The largest absolute Gasteiger partial charge is 0.456 e.